The molecule has 1 saturated carbocycles. The summed E-state index contributed by atoms with van der Waals surface area (Å²) in [4.78, 5) is 0. The van der Waals surface area contributed by atoms with Gasteiger partial charge in [-0.3, -0.25) is 0 Å². The van der Waals surface area contributed by atoms with Crippen molar-refractivity contribution in [1.82, 2.24) is 0 Å². The van der Waals surface area contributed by atoms with E-state index in [0.717, 1.165) is 12.8 Å². The van der Waals surface area contributed by atoms with Crippen molar-refractivity contribution in [3.05, 3.63) is 34.9 Å². The topological polar surface area (TPSA) is 18.5 Å². The molecule has 0 radical (unpaired) electrons. The Morgan fingerprint density at radius 2 is 1.86 bits per heavy atom. The summed E-state index contributed by atoms with van der Waals surface area (Å²) >= 11 is 0. The minimum absolute atomic E-state index is 0.00540. The van der Waals surface area contributed by atoms with Crippen LogP contribution in [-0.2, 0) is 16.1 Å². The normalized spacial score (nSPS) is 34.1. The molecule has 4 rings (SSSR count). The molecule has 21 heavy (non-hydrogen) atoms. The van der Waals surface area contributed by atoms with Gasteiger partial charge < -0.3 is 9.47 Å². The number of hydrogen-bond acceptors (Lipinski definition) is 2. The largest absolute Gasteiger partial charge is 0.371 e. The zero-order chi connectivity index (χ0) is 15.3. The molecule has 2 aliphatic heterocycles. The monoisotopic (exact) mass is 288 g/mol. The average Bonchev–Trinajstić information content (AvgIpc) is 2.38. The summed E-state index contributed by atoms with van der Waals surface area (Å²) in [7, 11) is 0. The number of fused-ring (bicyclic) bond motifs is 3. The van der Waals surface area contributed by atoms with E-state index in [1.54, 1.807) is 0 Å². The highest BCUT2D eigenvalue weighted by Crippen LogP contribution is 2.50. The summed E-state index contributed by atoms with van der Waals surface area (Å²) < 4.78 is 12.7. The Morgan fingerprint density at radius 1 is 1.19 bits per heavy atom. The highest BCUT2D eigenvalue weighted by Gasteiger charge is 2.54. The van der Waals surface area contributed by atoms with Crippen molar-refractivity contribution in [2.24, 2.45) is 5.92 Å². The standard InChI is InChI=1S/C19H28O2/c1-13-7-6-8-14(2)16(13)12-20-17-11-15-9-10-19(17,5)21-18(15,3)4/h6-8,15,17H,9-12H2,1-5H3. The number of ether oxygens (including phenoxy) is 2. The molecule has 0 spiro atoms. The molecule has 0 aromatic heterocycles. The smallest absolute Gasteiger partial charge is 0.0922 e. The van der Waals surface area contributed by atoms with Crippen LogP contribution < -0.4 is 0 Å². The van der Waals surface area contributed by atoms with Crippen LogP contribution in [0.25, 0.3) is 0 Å². The highest BCUT2D eigenvalue weighted by atomic mass is 16.6. The molecule has 0 N–H and O–H groups in total. The van der Waals surface area contributed by atoms with Gasteiger partial charge in [-0.1, -0.05) is 18.2 Å². The molecule has 116 valence electrons. The third-order valence-corrected chi connectivity index (χ3v) is 5.72. The van der Waals surface area contributed by atoms with E-state index in [4.69, 9.17) is 9.47 Å². The summed E-state index contributed by atoms with van der Waals surface area (Å²) in [5.41, 5.74) is 3.87. The van der Waals surface area contributed by atoms with Gasteiger partial charge >= 0.3 is 0 Å². The number of aryl methyl sites for hydroxylation is 2. The maximum atomic E-state index is 6.40. The highest BCUT2D eigenvalue weighted by molar-refractivity contribution is 5.32. The number of hydrogen-bond donors (Lipinski definition) is 0. The molecule has 2 nitrogen and oxygen atoms in total. The molecule has 3 aliphatic rings. The van der Waals surface area contributed by atoms with Crippen molar-refractivity contribution < 1.29 is 9.47 Å². The van der Waals surface area contributed by atoms with Crippen LogP contribution in [0.3, 0.4) is 0 Å². The van der Waals surface area contributed by atoms with Gasteiger partial charge in [0.2, 0.25) is 0 Å². The first-order valence-corrected chi connectivity index (χ1v) is 8.19. The summed E-state index contributed by atoms with van der Waals surface area (Å²) in [6.07, 6.45) is 3.75. The predicted octanol–water partition coefficient (Wildman–Crippen LogP) is 4.56. The second kappa shape index (κ2) is 5.10. The minimum atomic E-state index is -0.116. The summed E-state index contributed by atoms with van der Waals surface area (Å²) in [5, 5.41) is 0. The van der Waals surface area contributed by atoms with Gasteiger partial charge in [0.05, 0.1) is 23.9 Å². The van der Waals surface area contributed by atoms with Gasteiger partial charge in [-0.05, 0) is 76.5 Å². The molecule has 1 aromatic carbocycles. The van der Waals surface area contributed by atoms with Crippen molar-refractivity contribution in [2.45, 2.75) is 77.8 Å². The molecule has 1 aliphatic carbocycles. The van der Waals surface area contributed by atoms with Crippen LogP contribution in [0.15, 0.2) is 18.2 Å². The first-order chi connectivity index (χ1) is 9.82. The molecule has 2 saturated heterocycles. The summed E-state index contributed by atoms with van der Waals surface area (Å²) in [5.74, 6) is 0.627. The number of rotatable bonds is 3. The lowest BCUT2D eigenvalue weighted by molar-refractivity contribution is -0.284. The van der Waals surface area contributed by atoms with Crippen molar-refractivity contribution >= 4 is 0 Å². The molecule has 3 unspecified atom stereocenters. The van der Waals surface area contributed by atoms with Gasteiger partial charge in [0, 0.05) is 0 Å². The minimum Gasteiger partial charge on any atom is -0.371 e. The lowest BCUT2D eigenvalue weighted by Crippen LogP contribution is -2.61. The molecule has 3 fully saturated rings. The van der Waals surface area contributed by atoms with Crippen molar-refractivity contribution in [3.63, 3.8) is 0 Å². The van der Waals surface area contributed by atoms with Crippen LogP contribution in [0.1, 0.15) is 56.7 Å². The summed E-state index contributed by atoms with van der Waals surface area (Å²) in [6, 6.07) is 6.45. The Morgan fingerprint density at radius 3 is 2.43 bits per heavy atom. The second-order valence-electron chi connectivity index (χ2n) is 7.66. The fourth-order valence-corrected chi connectivity index (χ4v) is 4.18. The van der Waals surface area contributed by atoms with Gasteiger partial charge in [0.1, 0.15) is 0 Å². The Balaban J connectivity index is 1.72. The van der Waals surface area contributed by atoms with E-state index in [1.165, 1.54) is 23.1 Å². The molecule has 2 bridgehead atoms. The first kappa shape index (κ1) is 15.1. The second-order valence-corrected chi connectivity index (χ2v) is 7.66. The van der Waals surface area contributed by atoms with Crippen molar-refractivity contribution in [3.8, 4) is 0 Å². The van der Waals surface area contributed by atoms with Gasteiger partial charge in [-0.25, -0.2) is 0 Å². The Hall–Kier alpha value is -0.860. The van der Waals surface area contributed by atoms with Crippen molar-refractivity contribution in [2.75, 3.05) is 0 Å². The van der Waals surface area contributed by atoms with Crippen LogP contribution in [-0.4, -0.2) is 17.3 Å². The lowest BCUT2D eigenvalue weighted by atomic mass is 9.67. The molecule has 2 heterocycles. The molecular formula is C19H28O2. The van der Waals surface area contributed by atoms with Crippen LogP contribution in [0.2, 0.25) is 0 Å². The SMILES string of the molecule is Cc1cccc(C)c1COC1CC2CCC1(C)OC2(C)C. The van der Waals surface area contributed by atoms with Crippen molar-refractivity contribution in [1.29, 1.82) is 0 Å². The Labute approximate surface area is 128 Å². The summed E-state index contributed by atoms with van der Waals surface area (Å²) in [6.45, 7) is 11.7. The fraction of sp³-hybridized carbons (Fsp3) is 0.684. The molecular weight excluding hydrogens is 260 g/mol. The van der Waals surface area contributed by atoms with Gasteiger partial charge in [-0.2, -0.15) is 0 Å². The molecule has 2 heteroatoms. The van der Waals surface area contributed by atoms with Crippen LogP contribution in [0.5, 0.6) is 0 Å². The molecule has 0 amide bonds. The first-order valence-electron chi connectivity index (χ1n) is 8.19. The Bertz CT molecular complexity index is 514. The van der Waals surface area contributed by atoms with Gasteiger partial charge in [-0.15, -0.1) is 0 Å². The van der Waals surface area contributed by atoms with E-state index in [0.29, 0.717) is 12.5 Å². The molecule has 3 atom stereocenters. The fourth-order valence-electron chi connectivity index (χ4n) is 4.18. The van der Waals surface area contributed by atoms with Gasteiger partial charge in [0.25, 0.3) is 0 Å². The van der Waals surface area contributed by atoms with E-state index >= 15 is 0 Å². The number of benzene rings is 1. The molecule has 1 aromatic rings. The van der Waals surface area contributed by atoms with Gasteiger partial charge in [0.15, 0.2) is 0 Å². The van der Waals surface area contributed by atoms with Crippen LogP contribution >= 0.6 is 0 Å². The Kier molecular flexibility index (Phi) is 3.66. The van der Waals surface area contributed by atoms with E-state index in [1.807, 2.05) is 0 Å². The zero-order valence-electron chi connectivity index (χ0n) is 14.0. The lowest BCUT2D eigenvalue weighted by Gasteiger charge is -2.57. The maximum absolute atomic E-state index is 6.40. The average molecular weight is 288 g/mol. The maximum Gasteiger partial charge on any atom is 0.0922 e. The van der Waals surface area contributed by atoms with Crippen LogP contribution in [0, 0.1) is 19.8 Å². The van der Waals surface area contributed by atoms with Crippen LogP contribution in [0.4, 0.5) is 0 Å². The zero-order valence-corrected chi connectivity index (χ0v) is 14.0. The quantitative estimate of drug-likeness (QED) is 0.812. The third kappa shape index (κ3) is 2.64. The third-order valence-electron chi connectivity index (χ3n) is 5.72. The van der Waals surface area contributed by atoms with E-state index < -0.39 is 0 Å². The van der Waals surface area contributed by atoms with E-state index in [-0.39, 0.29) is 17.3 Å². The van der Waals surface area contributed by atoms with E-state index in [9.17, 15) is 0 Å². The van der Waals surface area contributed by atoms with E-state index in [2.05, 4.69) is 52.8 Å². The predicted molar refractivity (Wildman–Crippen MR) is 85.4 cm³/mol.